The van der Waals surface area contributed by atoms with Gasteiger partial charge in [0.15, 0.2) is 5.82 Å². The first kappa shape index (κ1) is 21.0. The van der Waals surface area contributed by atoms with Gasteiger partial charge in [0.05, 0.1) is 29.6 Å². The molecule has 0 spiro atoms. The summed E-state index contributed by atoms with van der Waals surface area (Å²) in [7, 11) is 1.27. The fourth-order valence-electron chi connectivity index (χ4n) is 2.90. The molecule has 4 rings (SSSR count). The number of furan rings is 1. The predicted molar refractivity (Wildman–Crippen MR) is 118 cm³/mol. The van der Waals surface area contributed by atoms with Crippen LogP contribution in [0.25, 0.3) is 23.2 Å². The number of esters is 1. The Morgan fingerprint density at radius 3 is 2.66 bits per heavy atom. The lowest BCUT2D eigenvalue weighted by molar-refractivity contribution is -0.111. The Morgan fingerprint density at radius 1 is 1.12 bits per heavy atom. The highest BCUT2D eigenvalue weighted by atomic mass is 35.5. The summed E-state index contributed by atoms with van der Waals surface area (Å²) in [5.74, 6) is -0.364. The van der Waals surface area contributed by atoms with Gasteiger partial charge in [0.1, 0.15) is 11.5 Å². The number of amides is 1. The lowest BCUT2D eigenvalue weighted by Crippen LogP contribution is -2.20. The molecule has 0 atom stereocenters. The van der Waals surface area contributed by atoms with Crippen molar-refractivity contribution in [3.8, 4) is 11.4 Å². The van der Waals surface area contributed by atoms with Crippen LogP contribution in [0, 0.1) is 0 Å². The number of nitrogens with zero attached hydrogens (tertiary/aromatic N) is 4. The fourth-order valence-corrected chi connectivity index (χ4v) is 3.06. The molecule has 0 saturated carbocycles. The molecule has 9 nitrogen and oxygen atoms in total. The van der Waals surface area contributed by atoms with Gasteiger partial charge in [-0.25, -0.2) is 4.79 Å². The SMILES string of the molecule is COC(=O)c1ccc(Cl)c(NC(=O)C(=Cc2ccco2)n2nnnc2-c2ccccc2)c1. The number of carbonyl (C=O) groups is 2. The standard InChI is InChI=1S/C22H16ClN5O4/c1-31-22(30)15-9-10-17(23)18(12-15)24-21(29)19(13-16-8-5-11-32-16)28-20(25-26-27-28)14-6-3-2-4-7-14/h2-13H,1H3,(H,24,29). The Morgan fingerprint density at radius 2 is 1.94 bits per heavy atom. The number of nitrogens with one attached hydrogen (secondary N) is 1. The number of methoxy groups -OCH3 is 1. The topological polar surface area (TPSA) is 112 Å². The normalized spacial score (nSPS) is 11.2. The molecule has 0 bridgehead atoms. The van der Waals surface area contributed by atoms with Crippen molar-refractivity contribution < 1.29 is 18.7 Å². The van der Waals surface area contributed by atoms with E-state index in [-0.39, 0.29) is 22.0 Å². The highest BCUT2D eigenvalue weighted by Gasteiger charge is 2.21. The first-order valence-electron chi connectivity index (χ1n) is 9.35. The maximum atomic E-state index is 13.3. The maximum absolute atomic E-state index is 13.3. The smallest absolute Gasteiger partial charge is 0.337 e. The third-order valence-corrected chi connectivity index (χ3v) is 4.75. The minimum Gasteiger partial charge on any atom is -0.465 e. The number of anilines is 1. The van der Waals surface area contributed by atoms with Crippen LogP contribution >= 0.6 is 11.6 Å². The number of hydrogen-bond acceptors (Lipinski definition) is 7. The number of aromatic nitrogens is 4. The van der Waals surface area contributed by atoms with Crippen LogP contribution < -0.4 is 5.32 Å². The summed E-state index contributed by atoms with van der Waals surface area (Å²) in [4.78, 5) is 25.2. The van der Waals surface area contributed by atoms with Gasteiger partial charge in [0.25, 0.3) is 5.91 Å². The molecule has 0 aliphatic rings. The summed E-state index contributed by atoms with van der Waals surface area (Å²) in [6, 6.07) is 17.0. The Bertz CT molecular complexity index is 1280. The van der Waals surface area contributed by atoms with Gasteiger partial charge in [0, 0.05) is 11.6 Å². The number of halogens is 1. The molecule has 0 saturated heterocycles. The lowest BCUT2D eigenvalue weighted by atomic mass is 10.2. The molecule has 0 fully saturated rings. The lowest BCUT2D eigenvalue weighted by Gasteiger charge is -2.12. The summed E-state index contributed by atoms with van der Waals surface area (Å²) in [6.45, 7) is 0. The third-order valence-electron chi connectivity index (χ3n) is 4.42. The van der Waals surface area contributed by atoms with E-state index >= 15 is 0 Å². The van der Waals surface area contributed by atoms with Gasteiger partial charge in [-0.3, -0.25) is 4.79 Å². The molecule has 32 heavy (non-hydrogen) atoms. The van der Waals surface area contributed by atoms with Crippen molar-refractivity contribution in [1.29, 1.82) is 0 Å². The quantitative estimate of drug-likeness (QED) is 0.349. The number of carbonyl (C=O) groups excluding carboxylic acids is 2. The molecule has 0 aliphatic heterocycles. The van der Waals surface area contributed by atoms with Crippen LogP contribution in [0.1, 0.15) is 16.1 Å². The monoisotopic (exact) mass is 449 g/mol. The highest BCUT2D eigenvalue weighted by molar-refractivity contribution is 6.35. The largest absolute Gasteiger partial charge is 0.465 e. The second-order valence-corrected chi connectivity index (χ2v) is 6.87. The highest BCUT2D eigenvalue weighted by Crippen LogP contribution is 2.26. The number of tetrazole rings is 1. The van der Waals surface area contributed by atoms with Crippen molar-refractivity contribution in [1.82, 2.24) is 20.2 Å². The van der Waals surface area contributed by atoms with Crippen LogP contribution in [-0.4, -0.2) is 39.2 Å². The molecule has 2 aromatic heterocycles. The molecule has 0 radical (unpaired) electrons. The second kappa shape index (κ2) is 9.27. The van der Waals surface area contributed by atoms with Gasteiger partial charge in [-0.2, -0.15) is 4.68 Å². The van der Waals surface area contributed by atoms with Gasteiger partial charge < -0.3 is 14.5 Å². The number of rotatable bonds is 6. The number of hydrogen-bond donors (Lipinski definition) is 1. The molecule has 160 valence electrons. The van der Waals surface area contributed by atoms with E-state index in [0.29, 0.717) is 17.1 Å². The van der Waals surface area contributed by atoms with Gasteiger partial charge in [-0.15, -0.1) is 5.10 Å². The van der Waals surface area contributed by atoms with Crippen LogP contribution in [-0.2, 0) is 9.53 Å². The van der Waals surface area contributed by atoms with E-state index in [0.717, 1.165) is 0 Å². The van der Waals surface area contributed by atoms with E-state index in [1.165, 1.54) is 42.3 Å². The van der Waals surface area contributed by atoms with Crippen LogP contribution in [0.5, 0.6) is 0 Å². The minimum absolute atomic E-state index is 0.0725. The zero-order valence-electron chi connectivity index (χ0n) is 16.7. The van der Waals surface area contributed by atoms with E-state index in [1.54, 1.807) is 12.1 Å². The molecule has 0 aliphatic carbocycles. The van der Waals surface area contributed by atoms with E-state index in [4.69, 9.17) is 20.8 Å². The Hall–Kier alpha value is -4.24. The summed E-state index contributed by atoms with van der Waals surface area (Å²) >= 11 is 6.24. The van der Waals surface area contributed by atoms with E-state index < -0.39 is 11.9 Å². The summed E-state index contributed by atoms with van der Waals surface area (Å²) in [6.07, 6.45) is 2.98. The van der Waals surface area contributed by atoms with Crippen LogP contribution in [0.3, 0.4) is 0 Å². The molecule has 10 heteroatoms. The van der Waals surface area contributed by atoms with Crippen molar-refractivity contribution in [3.05, 3.63) is 83.3 Å². The van der Waals surface area contributed by atoms with Crippen LogP contribution in [0.4, 0.5) is 5.69 Å². The van der Waals surface area contributed by atoms with E-state index in [9.17, 15) is 9.59 Å². The van der Waals surface area contributed by atoms with E-state index in [1.807, 2.05) is 30.3 Å². The Labute approximate surface area is 187 Å². The van der Waals surface area contributed by atoms with Gasteiger partial charge in [-0.05, 0) is 40.8 Å². The minimum atomic E-state index is -0.574. The fraction of sp³-hybridized carbons (Fsp3) is 0.0455. The van der Waals surface area contributed by atoms with Gasteiger partial charge in [-0.1, -0.05) is 41.9 Å². The maximum Gasteiger partial charge on any atom is 0.337 e. The number of ether oxygens (including phenoxy) is 1. The molecular weight excluding hydrogens is 434 g/mol. The molecule has 4 aromatic rings. The first-order chi connectivity index (χ1) is 15.6. The molecule has 2 heterocycles. The average molecular weight is 450 g/mol. The third kappa shape index (κ3) is 4.42. The molecule has 2 aromatic carbocycles. The van der Waals surface area contributed by atoms with Crippen molar-refractivity contribution in [2.45, 2.75) is 0 Å². The van der Waals surface area contributed by atoms with Crippen LogP contribution in [0.15, 0.2) is 71.3 Å². The number of benzene rings is 2. The summed E-state index contributed by atoms with van der Waals surface area (Å²) < 4.78 is 11.4. The first-order valence-corrected chi connectivity index (χ1v) is 9.73. The van der Waals surface area contributed by atoms with Crippen LogP contribution in [0.2, 0.25) is 5.02 Å². The van der Waals surface area contributed by atoms with Gasteiger partial charge >= 0.3 is 5.97 Å². The Balaban J connectivity index is 1.75. The zero-order chi connectivity index (χ0) is 22.5. The average Bonchev–Trinajstić information content (AvgIpc) is 3.51. The molecular formula is C22H16ClN5O4. The predicted octanol–water partition coefficient (Wildman–Crippen LogP) is 4.01. The van der Waals surface area contributed by atoms with Gasteiger partial charge in [0.2, 0.25) is 0 Å². The summed E-state index contributed by atoms with van der Waals surface area (Å²) in [5.41, 5.74) is 1.24. The van der Waals surface area contributed by atoms with Crippen molar-refractivity contribution in [2.24, 2.45) is 0 Å². The Kier molecular flexibility index (Phi) is 6.09. The van der Waals surface area contributed by atoms with Crippen molar-refractivity contribution in [2.75, 3.05) is 12.4 Å². The molecule has 1 amide bonds. The van der Waals surface area contributed by atoms with E-state index in [2.05, 4.69) is 20.8 Å². The van der Waals surface area contributed by atoms with Crippen molar-refractivity contribution >= 4 is 40.9 Å². The van der Waals surface area contributed by atoms with Crippen molar-refractivity contribution in [3.63, 3.8) is 0 Å². The molecule has 0 unspecified atom stereocenters. The second-order valence-electron chi connectivity index (χ2n) is 6.47. The molecule has 1 N–H and O–H groups in total. The zero-order valence-corrected chi connectivity index (χ0v) is 17.5. The summed E-state index contributed by atoms with van der Waals surface area (Å²) in [5, 5.41) is 14.7.